The van der Waals surface area contributed by atoms with Gasteiger partial charge in [-0.1, -0.05) is 44.0 Å². The molecule has 1 aliphatic carbocycles. The van der Waals surface area contributed by atoms with E-state index in [0.717, 1.165) is 30.5 Å². The average Bonchev–Trinajstić information content (AvgIpc) is 2.73. The number of benzene rings is 2. The minimum atomic E-state index is -0.441. The fourth-order valence-corrected chi connectivity index (χ4v) is 3.63. The number of ether oxygens (including phenoxy) is 1. The Morgan fingerprint density at radius 3 is 2.21 bits per heavy atom. The second kappa shape index (κ2) is 9.49. The summed E-state index contributed by atoms with van der Waals surface area (Å²) in [6.07, 6.45) is 4.10. The topological polar surface area (TPSA) is 55.4 Å². The number of carbonyl (C=O) groups is 2. The summed E-state index contributed by atoms with van der Waals surface area (Å²) >= 11 is 0. The molecule has 1 N–H and O–H groups in total. The van der Waals surface area contributed by atoms with Crippen molar-refractivity contribution in [3.8, 4) is 0 Å². The molecule has 148 valence electrons. The maximum absolute atomic E-state index is 13.0. The van der Waals surface area contributed by atoms with Crippen LogP contribution in [0.5, 0.6) is 0 Å². The van der Waals surface area contributed by atoms with Gasteiger partial charge in [-0.15, -0.1) is 0 Å². The normalized spacial score (nSPS) is 19.1. The number of amides is 1. The van der Waals surface area contributed by atoms with Crippen LogP contribution in [-0.2, 0) is 27.4 Å². The molecule has 1 fully saturated rings. The number of rotatable bonds is 6. The second-order valence-electron chi connectivity index (χ2n) is 7.27. The monoisotopic (exact) mass is 383 g/mol. The number of nitrogens with one attached hydrogen (secondary N) is 1. The summed E-state index contributed by atoms with van der Waals surface area (Å²) in [6.45, 7) is 2.17. The van der Waals surface area contributed by atoms with Gasteiger partial charge >= 0.3 is 5.97 Å². The molecule has 2 aromatic carbocycles. The Morgan fingerprint density at radius 1 is 0.964 bits per heavy atom. The van der Waals surface area contributed by atoms with Gasteiger partial charge in [0.2, 0.25) is 5.91 Å². The van der Waals surface area contributed by atoms with E-state index in [1.54, 1.807) is 12.1 Å². The van der Waals surface area contributed by atoms with Crippen LogP contribution in [-0.4, -0.2) is 11.9 Å². The van der Waals surface area contributed by atoms with Crippen molar-refractivity contribution in [1.29, 1.82) is 0 Å². The van der Waals surface area contributed by atoms with Crippen molar-refractivity contribution in [2.75, 3.05) is 5.32 Å². The van der Waals surface area contributed by atoms with Crippen molar-refractivity contribution >= 4 is 17.6 Å². The number of hydrogen-bond acceptors (Lipinski definition) is 3. The van der Waals surface area contributed by atoms with E-state index in [2.05, 4.69) is 12.2 Å². The van der Waals surface area contributed by atoms with Crippen LogP contribution in [0.1, 0.15) is 43.7 Å². The average molecular weight is 383 g/mol. The SMILES string of the molecule is CCc1ccc(NC(=O)[C@@H]2CCCC[C@H]2C(=O)OCc2ccc(F)cc2)cc1. The smallest absolute Gasteiger partial charge is 0.310 e. The molecular weight excluding hydrogens is 357 g/mol. The van der Waals surface area contributed by atoms with Crippen LogP contribution in [0, 0.1) is 17.7 Å². The van der Waals surface area contributed by atoms with Crippen molar-refractivity contribution < 1.29 is 18.7 Å². The molecule has 3 rings (SSSR count). The van der Waals surface area contributed by atoms with Gasteiger partial charge in [-0.2, -0.15) is 0 Å². The number of carbonyl (C=O) groups excluding carboxylic acids is 2. The summed E-state index contributed by atoms with van der Waals surface area (Å²) in [4.78, 5) is 25.4. The number of aryl methyl sites for hydroxylation is 1. The van der Waals surface area contributed by atoms with Gasteiger partial charge in [-0.05, 0) is 54.7 Å². The van der Waals surface area contributed by atoms with Crippen molar-refractivity contribution in [3.05, 3.63) is 65.5 Å². The van der Waals surface area contributed by atoms with E-state index in [-0.39, 0.29) is 30.2 Å². The first-order valence-electron chi connectivity index (χ1n) is 9.87. The zero-order valence-electron chi connectivity index (χ0n) is 16.1. The van der Waals surface area contributed by atoms with Gasteiger partial charge in [0.1, 0.15) is 12.4 Å². The molecule has 28 heavy (non-hydrogen) atoms. The number of anilines is 1. The standard InChI is InChI=1S/C23H26FNO3/c1-2-16-9-13-19(14-10-16)25-22(26)20-5-3-4-6-21(20)23(27)28-15-17-7-11-18(24)12-8-17/h7-14,20-21H,2-6,15H2,1H3,(H,25,26)/t20-,21-/m1/s1. The molecule has 0 bridgehead atoms. The summed E-state index contributed by atoms with van der Waals surface area (Å²) in [5.74, 6) is -1.64. The summed E-state index contributed by atoms with van der Waals surface area (Å²) in [5.41, 5.74) is 2.67. The fourth-order valence-electron chi connectivity index (χ4n) is 3.63. The lowest BCUT2D eigenvalue weighted by Gasteiger charge is -2.29. The van der Waals surface area contributed by atoms with Crippen LogP contribution < -0.4 is 5.32 Å². The maximum Gasteiger partial charge on any atom is 0.310 e. The maximum atomic E-state index is 13.0. The predicted octanol–water partition coefficient (Wildman–Crippen LogP) is 4.88. The third-order valence-electron chi connectivity index (χ3n) is 5.33. The van der Waals surface area contributed by atoms with Gasteiger partial charge in [-0.3, -0.25) is 9.59 Å². The molecule has 0 spiro atoms. The Labute approximate surface area is 165 Å². The van der Waals surface area contributed by atoms with Crippen LogP contribution in [0.25, 0.3) is 0 Å². The van der Waals surface area contributed by atoms with Crippen LogP contribution >= 0.6 is 0 Å². The van der Waals surface area contributed by atoms with Crippen LogP contribution in [0.4, 0.5) is 10.1 Å². The minimum Gasteiger partial charge on any atom is -0.461 e. The summed E-state index contributed by atoms with van der Waals surface area (Å²) in [6, 6.07) is 13.6. The van der Waals surface area contributed by atoms with Gasteiger partial charge in [0, 0.05) is 5.69 Å². The molecule has 0 saturated heterocycles. The van der Waals surface area contributed by atoms with Crippen molar-refractivity contribution in [2.45, 2.75) is 45.6 Å². The molecule has 0 aliphatic heterocycles. The number of halogens is 1. The third-order valence-corrected chi connectivity index (χ3v) is 5.33. The van der Waals surface area contributed by atoms with Gasteiger partial charge < -0.3 is 10.1 Å². The molecule has 5 heteroatoms. The van der Waals surface area contributed by atoms with Crippen molar-refractivity contribution in [3.63, 3.8) is 0 Å². The molecule has 1 aliphatic rings. The number of hydrogen-bond donors (Lipinski definition) is 1. The molecule has 4 nitrogen and oxygen atoms in total. The highest BCUT2D eigenvalue weighted by Crippen LogP contribution is 2.32. The fraction of sp³-hybridized carbons (Fsp3) is 0.391. The largest absolute Gasteiger partial charge is 0.461 e. The molecule has 2 atom stereocenters. The highest BCUT2D eigenvalue weighted by atomic mass is 19.1. The Kier molecular flexibility index (Phi) is 6.80. The van der Waals surface area contributed by atoms with E-state index in [1.807, 2.05) is 24.3 Å². The van der Waals surface area contributed by atoms with Gasteiger partial charge in [-0.25, -0.2) is 4.39 Å². The lowest BCUT2D eigenvalue weighted by atomic mass is 9.78. The van der Waals surface area contributed by atoms with E-state index in [4.69, 9.17) is 4.74 Å². The molecule has 0 heterocycles. The molecular formula is C23H26FNO3. The first-order valence-corrected chi connectivity index (χ1v) is 9.87. The third kappa shape index (κ3) is 5.18. The van der Waals surface area contributed by atoms with E-state index in [0.29, 0.717) is 12.8 Å². The van der Waals surface area contributed by atoms with Crippen molar-refractivity contribution in [2.24, 2.45) is 11.8 Å². The first-order chi connectivity index (χ1) is 13.6. The molecule has 0 unspecified atom stereocenters. The van der Waals surface area contributed by atoms with Gasteiger partial charge in [0.05, 0.1) is 11.8 Å². The second-order valence-corrected chi connectivity index (χ2v) is 7.27. The van der Waals surface area contributed by atoms with Crippen molar-refractivity contribution in [1.82, 2.24) is 0 Å². The lowest BCUT2D eigenvalue weighted by molar-refractivity contribution is -0.155. The molecule has 0 aromatic heterocycles. The highest BCUT2D eigenvalue weighted by molar-refractivity contribution is 5.95. The Morgan fingerprint density at radius 2 is 1.57 bits per heavy atom. The zero-order chi connectivity index (χ0) is 19.9. The van der Waals surface area contributed by atoms with Crippen LogP contribution in [0.2, 0.25) is 0 Å². The van der Waals surface area contributed by atoms with Gasteiger partial charge in [0.15, 0.2) is 0 Å². The van der Waals surface area contributed by atoms with E-state index >= 15 is 0 Å². The van der Waals surface area contributed by atoms with Crippen LogP contribution in [0.15, 0.2) is 48.5 Å². The molecule has 2 aromatic rings. The summed E-state index contributed by atoms with van der Waals surface area (Å²) in [5, 5.41) is 2.94. The van der Waals surface area contributed by atoms with E-state index in [1.165, 1.54) is 17.7 Å². The molecule has 1 saturated carbocycles. The quantitative estimate of drug-likeness (QED) is 0.724. The molecule has 0 radical (unpaired) electrons. The number of esters is 1. The van der Waals surface area contributed by atoms with Gasteiger partial charge in [0.25, 0.3) is 0 Å². The predicted molar refractivity (Wildman–Crippen MR) is 106 cm³/mol. The Bertz CT molecular complexity index is 802. The Balaban J connectivity index is 1.60. The zero-order valence-corrected chi connectivity index (χ0v) is 16.1. The minimum absolute atomic E-state index is 0.0857. The highest BCUT2D eigenvalue weighted by Gasteiger charge is 2.36. The lowest BCUT2D eigenvalue weighted by Crippen LogP contribution is -2.37. The summed E-state index contributed by atoms with van der Waals surface area (Å²) in [7, 11) is 0. The summed E-state index contributed by atoms with van der Waals surface area (Å²) < 4.78 is 18.4. The van der Waals surface area contributed by atoms with E-state index in [9.17, 15) is 14.0 Å². The van der Waals surface area contributed by atoms with E-state index < -0.39 is 5.92 Å². The van der Waals surface area contributed by atoms with Crippen LogP contribution in [0.3, 0.4) is 0 Å². The molecule has 1 amide bonds. The first kappa shape index (κ1) is 20.1. The Hall–Kier alpha value is -2.69.